The maximum absolute atomic E-state index is 11.6. The van der Waals surface area contributed by atoms with Gasteiger partial charge in [0.1, 0.15) is 6.54 Å². The first-order valence-electron chi connectivity index (χ1n) is 19.8. The molecule has 0 spiro atoms. The molecule has 2 heterocycles. The smallest absolute Gasteiger partial charge is 0.748 e. The van der Waals surface area contributed by atoms with Gasteiger partial charge in [0.15, 0.2) is 5.71 Å². The Kier molecular flexibility index (Phi) is 25.3. The van der Waals surface area contributed by atoms with Crippen LogP contribution in [-0.4, -0.2) is 98.4 Å². The summed E-state index contributed by atoms with van der Waals surface area (Å²) in [4.78, 5) is 4.06. The molecule has 0 aromatic heterocycles. The number of allylic oxidation sites excluding steroid dienone is 4. The van der Waals surface area contributed by atoms with Crippen LogP contribution in [0.3, 0.4) is 0 Å². The van der Waals surface area contributed by atoms with E-state index in [1.807, 2.05) is 72.7 Å². The molecule has 330 valence electrons. The van der Waals surface area contributed by atoms with Crippen LogP contribution in [0.5, 0.6) is 0 Å². The number of nitrogens with zero attached hydrogens (tertiary/aromatic N) is 3. The summed E-state index contributed by atoms with van der Waals surface area (Å²) >= 11 is 0.965. The molecular formula is C40H56N3Na3O12S4. The largest absolute Gasteiger partial charge is 1.00 e. The predicted molar refractivity (Wildman–Crippen MR) is 226 cm³/mol. The van der Waals surface area contributed by atoms with Crippen LogP contribution < -0.4 is 104 Å². The fourth-order valence-corrected chi connectivity index (χ4v) is 10.1. The molecule has 2 aromatic carbocycles. The number of fused-ring (bicyclic) bond motifs is 2. The molecule has 0 amide bonds. The van der Waals surface area contributed by atoms with Crippen molar-refractivity contribution in [2.24, 2.45) is 0 Å². The van der Waals surface area contributed by atoms with Crippen molar-refractivity contribution in [3.63, 3.8) is 0 Å². The summed E-state index contributed by atoms with van der Waals surface area (Å²) in [5.41, 5.74) is 6.33. The molecule has 1 unspecified atom stereocenters. The van der Waals surface area contributed by atoms with E-state index in [2.05, 4.69) is 47.2 Å². The Hall–Kier alpha value is 0.150. The molecule has 0 bridgehead atoms. The zero-order valence-corrected chi connectivity index (χ0v) is 46.8. The van der Waals surface area contributed by atoms with E-state index in [1.165, 1.54) is 0 Å². The quantitative estimate of drug-likeness (QED) is 0.0187. The normalized spacial score (nSPS) is 16.7. The van der Waals surface area contributed by atoms with Crippen LogP contribution >= 0.6 is 12.0 Å². The molecule has 62 heavy (non-hydrogen) atoms. The van der Waals surface area contributed by atoms with Gasteiger partial charge in [-0.1, -0.05) is 39.0 Å². The van der Waals surface area contributed by atoms with Crippen molar-refractivity contribution in [1.82, 2.24) is 0 Å². The van der Waals surface area contributed by atoms with Crippen molar-refractivity contribution in [3.05, 3.63) is 77.0 Å². The average molecular weight is 968 g/mol. The Bertz CT molecular complexity index is 2240. The minimum Gasteiger partial charge on any atom is -0.748 e. The molecule has 4 rings (SSSR count). The van der Waals surface area contributed by atoms with E-state index in [4.69, 9.17) is 0 Å². The first-order chi connectivity index (χ1) is 27.5. The van der Waals surface area contributed by atoms with Gasteiger partial charge in [0, 0.05) is 101 Å². The van der Waals surface area contributed by atoms with Crippen molar-refractivity contribution in [3.8, 4) is 0 Å². The Morgan fingerprint density at radius 1 is 0.823 bits per heavy atom. The van der Waals surface area contributed by atoms with Crippen LogP contribution in [0.2, 0.25) is 0 Å². The Morgan fingerprint density at radius 2 is 1.45 bits per heavy atom. The van der Waals surface area contributed by atoms with Crippen molar-refractivity contribution >= 4 is 65.2 Å². The van der Waals surface area contributed by atoms with Gasteiger partial charge in [-0.25, -0.2) is 25.3 Å². The summed E-state index contributed by atoms with van der Waals surface area (Å²) in [5, 5.41) is 13.6. The molecule has 0 fully saturated rings. The summed E-state index contributed by atoms with van der Waals surface area (Å²) in [7, 11) is -13.3. The van der Waals surface area contributed by atoms with Crippen molar-refractivity contribution < 1.29 is 147 Å². The van der Waals surface area contributed by atoms with Gasteiger partial charge in [-0.3, -0.25) is 5.04 Å². The minimum absolute atomic E-state index is 0. The van der Waals surface area contributed by atoms with Gasteiger partial charge in [0.2, 0.25) is 5.69 Å². The fourth-order valence-electron chi connectivity index (χ4n) is 8.27. The molecule has 0 saturated carbocycles. The third-order valence-corrected chi connectivity index (χ3v) is 14.2. The second-order valence-corrected chi connectivity index (χ2v) is 21.3. The monoisotopic (exact) mass is 967 g/mol. The van der Waals surface area contributed by atoms with E-state index in [0.29, 0.717) is 18.8 Å². The molecule has 2 aliphatic rings. The van der Waals surface area contributed by atoms with E-state index in [-0.39, 0.29) is 127 Å². The predicted octanol–water partition coefficient (Wildman–Crippen LogP) is -3.91. The molecule has 0 radical (unpaired) electrons. The van der Waals surface area contributed by atoms with Gasteiger partial charge in [0.25, 0.3) is 0 Å². The van der Waals surface area contributed by atoms with Crippen molar-refractivity contribution in [2.75, 3.05) is 59.0 Å². The van der Waals surface area contributed by atoms with Crippen LogP contribution in [0, 0.1) is 0 Å². The molecule has 15 nitrogen and oxygen atoms in total. The van der Waals surface area contributed by atoms with E-state index < -0.39 is 58.4 Å². The first-order valence-corrected chi connectivity index (χ1v) is 25.4. The number of hydrogen-bond acceptors (Lipinski definition) is 15. The van der Waals surface area contributed by atoms with Crippen molar-refractivity contribution in [1.29, 1.82) is 0 Å². The zero-order valence-electron chi connectivity index (χ0n) is 37.5. The Labute approximate surface area is 439 Å². The summed E-state index contributed by atoms with van der Waals surface area (Å²) in [6.07, 6.45) is 8.80. The van der Waals surface area contributed by atoms with Crippen LogP contribution in [-0.2, 0) is 50.6 Å². The van der Waals surface area contributed by atoms with Crippen molar-refractivity contribution in [2.45, 2.75) is 96.8 Å². The van der Waals surface area contributed by atoms with Crippen LogP contribution in [0.15, 0.2) is 60.3 Å². The summed E-state index contributed by atoms with van der Waals surface area (Å²) in [5.74, 6) is -0.679. The Balaban J connectivity index is 0.00000641. The molecule has 2 aliphatic heterocycles. The topological polar surface area (TPSA) is 223 Å². The maximum Gasteiger partial charge on any atom is 1.00 e. The fraction of sp³-hybridized carbons (Fsp3) is 0.575. The van der Waals surface area contributed by atoms with Gasteiger partial charge in [-0.15, -0.1) is 0 Å². The summed E-state index contributed by atoms with van der Waals surface area (Å²) < 4.78 is 110. The molecule has 22 heteroatoms. The average Bonchev–Trinajstić information content (AvgIpc) is 3.47. The van der Waals surface area contributed by atoms with Gasteiger partial charge in [-0.2, -0.15) is 8.91 Å². The van der Waals surface area contributed by atoms with Crippen LogP contribution in [0.1, 0.15) is 103 Å². The number of anilines is 2. The summed E-state index contributed by atoms with van der Waals surface area (Å²) in [6.45, 7) is 13.8. The standard InChI is InChI=1S/C40H59N3O12S4.3Na/c1-7-30(14-10-24-56-55-54-44)31-17-19-35-33(28-31)39(3,4)37(42(35)22-12-26-58(48,49)50)15-9-16-38-40(5,6)34-29-32(41(8-2)21-11-25-57(45,46)47)18-20-36(34)43(38)23-13-27-59(51,52)53;;;/h9,15-20,28-30H,7-8,10-14,21-27H2,1-6H3,(H3-,44,45,46,47,48,49,50,51,52,53);;;/q;3*+1/p-3. The van der Waals surface area contributed by atoms with Gasteiger partial charge in [0.05, 0.1) is 35.8 Å². The third-order valence-electron chi connectivity index (χ3n) is 11.2. The van der Waals surface area contributed by atoms with E-state index >= 15 is 0 Å². The van der Waals surface area contributed by atoms with Crippen LogP contribution in [0.25, 0.3) is 0 Å². The third kappa shape index (κ3) is 16.7. The first kappa shape index (κ1) is 60.2. The number of rotatable bonds is 24. The second kappa shape index (κ2) is 26.1. The molecule has 0 saturated heterocycles. The molecular weight excluding hydrogens is 912 g/mol. The SMILES string of the molecule is CCC(CCCSOO[O-])c1ccc2c(c1)C(C)(C)/C(=C\C=CC1=[N+](CCCS(=O)(=O)[O-])c3ccc(N(CC)CCCS(=O)(=O)[O-])cc3C1(C)C)N2CCCS(=O)(=O)[O-].[Na+].[Na+].[Na+]. The second-order valence-electron chi connectivity index (χ2n) is 16.0. The molecule has 0 aliphatic carbocycles. The van der Waals surface area contributed by atoms with E-state index in [0.717, 1.165) is 76.5 Å². The molecule has 2 aromatic rings. The van der Waals surface area contributed by atoms with Crippen LogP contribution in [0.4, 0.5) is 17.1 Å². The Morgan fingerprint density at radius 3 is 2.05 bits per heavy atom. The summed E-state index contributed by atoms with van der Waals surface area (Å²) in [6, 6.07) is 12.2. The van der Waals surface area contributed by atoms with Gasteiger partial charge >= 0.3 is 88.7 Å². The van der Waals surface area contributed by atoms with E-state index in [9.17, 15) is 44.2 Å². The van der Waals surface area contributed by atoms with E-state index in [1.54, 1.807) is 0 Å². The van der Waals surface area contributed by atoms with Gasteiger partial charge in [-0.05, 0) is 94.2 Å². The molecule has 0 N–H and O–H groups in total. The number of hydrogen-bond donors (Lipinski definition) is 0. The maximum atomic E-state index is 11.6. The zero-order chi connectivity index (χ0) is 43.8. The minimum atomic E-state index is -4.46. The number of benzene rings is 2. The van der Waals surface area contributed by atoms with Gasteiger partial charge < -0.3 is 28.7 Å². The molecule has 1 atom stereocenters.